The molecule has 0 radical (unpaired) electrons. The van der Waals surface area contributed by atoms with E-state index in [1.165, 1.54) is 11.3 Å². The Bertz CT molecular complexity index is 1490. The van der Waals surface area contributed by atoms with Crippen LogP contribution in [0.1, 0.15) is 5.56 Å². The highest BCUT2D eigenvalue weighted by Crippen LogP contribution is 2.41. The Labute approximate surface area is 182 Å². The third kappa shape index (κ3) is 3.29. The Kier molecular flexibility index (Phi) is 4.62. The summed E-state index contributed by atoms with van der Waals surface area (Å²) in [7, 11) is 0. The van der Waals surface area contributed by atoms with Crippen molar-refractivity contribution >= 4 is 21.6 Å². The number of benzene rings is 3. The second kappa shape index (κ2) is 7.60. The van der Waals surface area contributed by atoms with Crippen LogP contribution >= 0.6 is 11.3 Å². The number of nitrogens with zero attached hydrogens (tertiary/aromatic N) is 1. The zero-order valence-electron chi connectivity index (χ0n) is 16.3. The van der Waals surface area contributed by atoms with Crippen LogP contribution in [0, 0.1) is 11.3 Å². The fourth-order valence-corrected chi connectivity index (χ4v) is 4.71. The van der Waals surface area contributed by atoms with Crippen LogP contribution in [-0.2, 0) is 0 Å². The first kappa shape index (κ1) is 18.9. The molecule has 0 aliphatic carbocycles. The van der Waals surface area contributed by atoms with Crippen LogP contribution in [0.3, 0.4) is 0 Å². The topological polar surface area (TPSA) is 76.9 Å². The molecule has 0 spiro atoms. The van der Waals surface area contributed by atoms with Crippen molar-refractivity contribution in [1.29, 1.82) is 5.26 Å². The molecule has 0 unspecified atom stereocenters. The van der Waals surface area contributed by atoms with Gasteiger partial charge in [-0.2, -0.15) is 5.26 Å². The summed E-state index contributed by atoms with van der Waals surface area (Å²) < 4.78 is 0. The van der Waals surface area contributed by atoms with E-state index in [2.05, 4.69) is 35.3 Å². The molecule has 2 N–H and O–H groups in total. The van der Waals surface area contributed by atoms with Crippen LogP contribution in [0.4, 0.5) is 0 Å². The lowest BCUT2D eigenvalue weighted by atomic mass is 9.98. The highest BCUT2D eigenvalue weighted by atomic mass is 32.1. The van der Waals surface area contributed by atoms with Crippen molar-refractivity contribution in [1.82, 2.24) is 4.98 Å². The molecule has 0 aliphatic rings. The molecule has 31 heavy (non-hydrogen) atoms. The van der Waals surface area contributed by atoms with E-state index in [0.29, 0.717) is 21.3 Å². The number of aromatic nitrogens is 1. The third-order valence-corrected chi connectivity index (χ3v) is 6.22. The molecule has 0 amide bonds. The van der Waals surface area contributed by atoms with Gasteiger partial charge < -0.3 is 10.1 Å². The Hall–Kier alpha value is -4.14. The molecular weight excluding hydrogens is 404 g/mol. The normalized spacial score (nSPS) is 10.8. The molecule has 0 saturated heterocycles. The Morgan fingerprint density at radius 1 is 0.806 bits per heavy atom. The van der Waals surface area contributed by atoms with Gasteiger partial charge in [-0.15, -0.1) is 11.3 Å². The number of thiophene rings is 1. The summed E-state index contributed by atoms with van der Waals surface area (Å²) in [5.41, 5.74) is 4.98. The fraction of sp³-hybridized carbons (Fsp3) is 0. The van der Waals surface area contributed by atoms with Gasteiger partial charge in [0.1, 0.15) is 10.6 Å². The first-order chi connectivity index (χ1) is 15.2. The zero-order valence-corrected chi connectivity index (χ0v) is 17.1. The lowest BCUT2D eigenvalue weighted by molar-refractivity contribution is 0.483. The molecule has 0 atom stereocenters. The minimum absolute atomic E-state index is 0.0492. The molecule has 5 aromatic rings. The highest BCUT2D eigenvalue weighted by Gasteiger charge is 2.19. The van der Waals surface area contributed by atoms with Crippen molar-refractivity contribution in [2.75, 3.05) is 0 Å². The van der Waals surface area contributed by atoms with E-state index in [4.69, 9.17) is 5.26 Å². The van der Waals surface area contributed by atoms with Gasteiger partial charge >= 0.3 is 0 Å². The lowest BCUT2D eigenvalue weighted by Gasteiger charge is -2.08. The maximum atomic E-state index is 12.7. The van der Waals surface area contributed by atoms with Crippen molar-refractivity contribution in [2.24, 2.45) is 0 Å². The number of H-pyrrole nitrogens is 1. The van der Waals surface area contributed by atoms with E-state index in [0.717, 1.165) is 22.3 Å². The molecule has 5 heteroatoms. The van der Waals surface area contributed by atoms with Gasteiger partial charge in [0.15, 0.2) is 0 Å². The summed E-state index contributed by atoms with van der Waals surface area (Å²) in [6.45, 7) is 0. The molecule has 0 bridgehead atoms. The number of fused-ring (bicyclic) bond motifs is 1. The molecule has 0 fully saturated rings. The van der Waals surface area contributed by atoms with Crippen LogP contribution in [0.25, 0.3) is 43.6 Å². The zero-order chi connectivity index (χ0) is 21.4. The van der Waals surface area contributed by atoms with E-state index in [-0.39, 0.29) is 16.9 Å². The van der Waals surface area contributed by atoms with E-state index < -0.39 is 0 Å². The second-order valence-corrected chi connectivity index (χ2v) is 8.04. The van der Waals surface area contributed by atoms with Gasteiger partial charge in [-0.25, -0.2) is 0 Å². The predicted molar refractivity (Wildman–Crippen MR) is 125 cm³/mol. The number of hydrogen-bond acceptors (Lipinski definition) is 4. The highest BCUT2D eigenvalue weighted by molar-refractivity contribution is 7.17. The number of nitrogens with one attached hydrogen (secondary N) is 1. The van der Waals surface area contributed by atoms with Gasteiger partial charge in [0.2, 0.25) is 0 Å². The molecule has 4 nitrogen and oxygen atoms in total. The molecule has 2 heterocycles. The fourth-order valence-electron chi connectivity index (χ4n) is 3.75. The summed E-state index contributed by atoms with van der Waals surface area (Å²) in [5.74, 6) is -0.0492. The molecule has 0 aliphatic heterocycles. The van der Waals surface area contributed by atoms with Crippen LogP contribution in [0.15, 0.2) is 89.0 Å². The average molecular weight is 420 g/mol. The van der Waals surface area contributed by atoms with Crippen LogP contribution < -0.4 is 5.56 Å². The van der Waals surface area contributed by atoms with E-state index in [1.807, 2.05) is 35.7 Å². The van der Waals surface area contributed by atoms with Crippen molar-refractivity contribution in [3.05, 3.63) is 100 Å². The maximum absolute atomic E-state index is 12.7. The van der Waals surface area contributed by atoms with Gasteiger partial charge in [0.05, 0.1) is 22.6 Å². The smallest absolute Gasteiger partial charge is 0.260 e. The van der Waals surface area contributed by atoms with E-state index in [1.54, 1.807) is 24.3 Å². The van der Waals surface area contributed by atoms with Gasteiger partial charge in [-0.05, 0) is 34.4 Å². The summed E-state index contributed by atoms with van der Waals surface area (Å²) in [6, 6.07) is 27.0. The van der Waals surface area contributed by atoms with Crippen molar-refractivity contribution in [2.45, 2.75) is 0 Å². The predicted octanol–water partition coefficient (Wildman–Crippen LogP) is 6.17. The number of aromatic hydroxyl groups is 1. The quantitative estimate of drug-likeness (QED) is 0.366. The van der Waals surface area contributed by atoms with Crippen molar-refractivity contribution < 1.29 is 5.11 Å². The molecule has 0 saturated carbocycles. The van der Waals surface area contributed by atoms with Crippen molar-refractivity contribution in [3.63, 3.8) is 0 Å². The molecule has 5 rings (SSSR count). The number of pyridine rings is 1. The molecule has 2 aromatic heterocycles. The summed E-state index contributed by atoms with van der Waals surface area (Å²) in [5, 5.41) is 22.7. The molecule has 148 valence electrons. The SMILES string of the molecule is N#Cc1ccc(-c2c(O)c3c(-c4ccc(-c5ccccc5)cc4)csc3[nH]c2=O)cc1. The Balaban J connectivity index is 1.64. The minimum Gasteiger partial charge on any atom is -0.506 e. The number of rotatable bonds is 3. The van der Waals surface area contributed by atoms with E-state index >= 15 is 0 Å². The third-order valence-electron chi connectivity index (χ3n) is 5.32. The maximum Gasteiger partial charge on any atom is 0.260 e. The van der Waals surface area contributed by atoms with Gasteiger partial charge in [-0.3, -0.25) is 4.79 Å². The van der Waals surface area contributed by atoms with Crippen molar-refractivity contribution in [3.8, 4) is 45.2 Å². The molecular formula is C26H16N2O2S. The number of hydrogen-bond donors (Lipinski definition) is 2. The number of aromatic amines is 1. The summed E-state index contributed by atoms with van der Waals surface area (Å²) >= 11 is 1.39. The Morgan fingerprint density at radius 3 is 2.10 bits per heavy atom. The van der Waals surface area contributed by atoms with Gasteiger partial charge in [0.25, 0.3) is 5.56 Å². The molecule has 3 aromatic carbocycles. The average Bonchev–Trinajstić information content (AvgIpc) is 3.24. The largest absolute Gasteiger partial charge is 0.506 e. The lowest BCUT2D eigenvalue weighted by Crippen LogP contribution is -2.08. The Morgan fingerprint density at radius 2 is 1.42 bits per heavy atom. The van der Waals surface area contributed by atoms with Gasteiger partial charge in [0, 0.05) is 10.9 Å². The first-order valence-corrected chi connectivity index (χ1v) is 10.6. The van der Waals surface area contributed by atoms with Crippen LogP contribution in [-0.4, -0.2) is 10.1 Å². The minimum atomic E-state index is -0.359. The summed E-state index contributed by atoms with van der Waals surface area (Å²) in [4.78, 5) is 16.2. The monoisotopic (exact) mass is 420 g/mol. The van der Waals surface area contributed by atoms with Crippen LogP contribution in [0.5, 0.6) is 5.75 Å². The second-order valence-electron chi connectivity index (χ2n) is 7.16. The van der Waals surface area contributed by atoms with Gasteiger partial charge in [-0.1, -0.05) is 66.7 Å². The standard InChI is InChI=1S/C26H16N2O2S/c27-14-16-6-8-20(9-7-16)22-24(29)23-21(15-31-26(23)28-25(22)30)19-12-10-18(11-13-19)17-4-2-1-3-5-17/h1-13,15H,(H2,28,29,30). The van der Waals surface area contributed by atoms with Crippen LogP contribution in [0.2, 0.25) is 0 Å². The number of nitriles is 1. The summed E-state index contributed by atoms with van der Waals surface area (Å²) in [6.07, 6.45) is 0. The van der Waals surface area contributed by atoms with E-state index in [9.17, 15) is 9.90 Å². The first-order valence-electron chi connectivity index (χ1n) is 9.68.